The van der Waals surface area contributed by atoms with Crippen LogP contribution in [0, 0.1) is 0 Å². The molecule has 1 amide bonds. The largest absolute Gasteiger partial charge is 0.497 e. The monoisotopic (exact) mass is 345 g/mol. The lowest BCUT2D eigenvalue weighted by Crippen LogP contribution is -2.15. The van der Waals surface area contributed by atoms with Crippen LogP contribution >= 0.6 is 0 Å². The first kappa shape index (κ1) is 18.3. The molecule has 0 spiro atoms. The average molecular weight is 345 g/mol. The molecule has 0 aliphatic carbocycles. The van der Waals surface area contributed by atoms with Gasteiger partial charge in [-0.3, -0.25) is 10.1 Å². The molecular formula is C18H19NO6. The molecule has 0 bridgehead atoms. The normalized spacial score (nSPS) is 10.0. The molecule has 1 N–H and O–H groups in total. The summed E-state index contributed by atoms with van der Waals surface area (Å²) >= 11 is 0. The number of benzene rings is 2. The molecule has 0 aliphatic rings. The van der Waals surface area contributed by atoms with Crippen LogP contribution in [0.1, 0.15) is 15.9 Å². The topological polar surface area (TPSA) is 83.1 Å². The minimum Gasteiger partial charge on any atom is -0.497 e. The maximum atomic E-state index is 12.0. The fourth-order valence-electron chi connectivity index (χ4n) is 2.06. The number of aldehydes is 1. The van der Waals surface area contributed by atoms with Gasteiger partial charge in [-0.05, 0) is 5.56 Å². The molecular weight excluding hydrogens is 326 g/mol. The van der Waals surface area contributed by atoms with E-state index in [1.807, 2.05) is 30.3 Å². The van der Waals surface area contributed by atoms with Gasteiger partial charge in [-0.1, -0.05) is 30.3 Å². The SMILES string of the molecule is COCOc1cc(OC)cc(NC(=O)OCc2ccccc2)c1C=O. The van der Waals surface area contributed by atoms with Crippen molar-refractivity contribution in [1.82, 2.24) is 0 Å². The number of carbonyl (C=O) groups is 2. The lowest BCUT2D eigenvalue weighted by atomic mass is 10.1. The maximum Gasteiger partial charge on any atom is 0.411 e. The molecule has 0 saturated carbocycles. The van der Waals surface area contributed by atoms with Crippen LogP contribution in [-0.4, -0.2) is 33.4 Å². The van der Waals surface area contributed by atoms with Crippen molar-refractivity contribution in [1.29, 1.82) is 0 Å². The van der Waals surface area contributed by atoms with Gasteiger partial charge in [0.1, 0.15) is 18.1 Å². The minimum absolute atomic E-state index is 0.0497. The number of carbonyl (C=O) groups excluding carboxylic acids is 2. The molecule has 0 fully saturated rings. The predicted octanol–water partition coefficient (Wildman–Crippen LogP) is 3.24. The van der Waals surface area contributed by atoms with E-state index in [9.17, 15) is 9.59 Å². The van der Waals surface area contributed by atoms with Crippen LogP contribution in [0.5, 0.6) is 11.5 Å². The van der Waals surface area contributed by atoms with Crippen LogP contribution in [0.2, 0.25) is 0 Å². The highest BCUT2D eigenvalue weighted by molar-refractivity contribution is 5.96. The first-order valence-electron chi connectivity index (χ1n) is 7.44. The number of anilines is 1. The maximum absolute atomic E-state index is 12.0. The van der Waals surface area contributed by atoms with Gasteiger partial charge in [0.2, 0.25) is 0 Å². The Bertz CT molecular complexity index is 717. The Morgan fingerprint density at radius 3 is 2.56 bits per heavy atom. The molecule has 2 aromatic rings. The molecule has 25 heavy (non-hydrogen) atoms. The summed E-state index contributed by atoms with van der Waals surface area (Å²) in [4.78, 5) is 23.4. The number of nitrogens with one attached hydrogen (secondary N) is 1. The Balaban J connectivity index is 2.13. The number of methoxy groups -OCH3 is 2. The predicted molar refractivity (Wildman–Crippen MR) is 91.1 cm³/mol. The summed E-state index contributed by atoms with van der Waals surface area (Å²) in [5.41, 5.74) is 1.23. The van der Waals surface area contributed by atoms with Gasteiger partial charge in [-0.15, -0.1) is 0 Å². The van der Waals surface area contributed by atoms with Gasteiger partial charge in [-0.2, -0.15) is 0 Å². The quantitative estimate of drug-likeness (QED) is 0.584. The molecule has 0 saturated heterocycles. The Kier molecular flexibility index (Phi) is 6.79. The van der Waals surface area contributed by atoms with Gasteiger partial charge in [0.15, 0.2) is 13.1 Å². The summed E-state index contributed by atoms with van der Waals surface area (Å²) in [7, 11) is 2.92. The van der Waals surface area contributed by atoms with Crippen molar-refractivity contribution in [3.05, 3.63) is 53.6 Å². The van der Waals surface area contributed by atoms with Gasteiger partial charge in [0, 0.05) is 19.2 Å². The molecule has 2 aromatic carbocycles. The second kappa shape index (κ2) is 9.29. The molecule has 0 unspecified atom stereocenters. The number of amides is 1. The molecule has 0 aliphatic heterocycles. The third-order valence-corrected chi connectivity index (χ3v) is 3.25. The molecule has 0 radical (unpaired) electrons. The van der Waals surface area contributed by atoms with E-state index in [4.69, 9.17) is 18.9 Å². The van der Waals surface area contributed by atoms with Crippen LogP contribution in [0.3, 0.4) is 0 Å². The lowest BCUT2D eigenvalue weighted by molar-refractivity contribution is 0.0504. The van der Waals surface area contributed by atoms with Gasteiger partial charge in [0.05, 0.1) is 18.4 Å². The second-order valence-corrected chi connectivity index (χ2v) is 4.94. The molecule has 7 nitrogen and oxygen atoms in total. The fraction of sp³-hybridized carbons (Fsp3) is 0.222. The van der Waals surface area contributed by atoms with E-state index in [1.54, 1.807) is 0 Å². The molecule has 132 valence electrons. The highest BCUT2D eigenvalue weighted by Crippen LogP contribution is 2.31. The first-order chi connectivity index (χ1) is 12.2. The Morgan fingerprint density at radius 1 is 1.16 bits per heavy atom. The molecule has 0 heterocycles. The second-order valence-electron chi connectivity index (χ2n) is 4.94. The van der Waals surface area contributed by atoms with Gasteiger partial charge < -0.3 is 18.9 Å². The van der Waals surface area contributed by atoms with Crippen molar-refractivity contribution < 1.29 is 28.5 Å². The van der Waals surface area contributed by atoms with E-state index in [1.165, 1.54) is 26.4 Å². The van der Waals surface area contributed by atoms with E-state index in [-0.39, 0.29) is 30.4 Å². The van der Waals surface area contributed by atoms with Gasteiger partial charge >= 0.3 is 6.09 Å². The third-order valence-electron chi connectivity index (χ3n) is 3.25. The highest BCUT2D eigenvalue weighted by atomic mass is 16.7. The Hall–Kier alpha value is -3.06. The number of ether oxygens (including phenoxy) is 4. The summed E-state index contributed by atoms with van der Waals surface area (Å²) in [5, 5.41) is 2.53. The van der Waals surface area contributed by atoms with E-state index >= 15 is 0 Å². The van der Waals surface area contributed by atoms with Gasteiger partial charge in [0.25, 0.3) is 0 Å². The standard InChI is InChI=1S/C18H19NO6/c1-22-12-25-17-9-14(23-2)8-16(15(17)10-20)19-18(21)24-11-13-6-4-3-5-7-13/h3-10H,11-12H2,1-2H3,(H,19,21). The summed E-state index contributed by atoms with van der Waals surface area (Å²) in [6, 6.07) is 12.3. The summed E-state index contributed by atoms with van der Waals surface area (Å²) in [6.07, 6.45) is -0.116. The number of hydrogen-bond donors (Lipinski definition) is 1. The van der Waals surface area contributed by atoms with Crippen molar-refractivity contribution in [3.8, 4) is 11.5 Å². The van der Waals surface area contributed by atoms with Crippen molar-refractivity contribution in [2.24, 2.45) is 0 Å². The zero-order chi connectivity index (χ0) is 18.1. The molecule has 0 atom stereocenters. The van der Waals surface area contributed by atoms with Crippen LogP contribution in [0.25, 0.3) is 0 Å². The van der Waals surface area contributed by atoms with E-state index in [0.717, 1.165) is 5.56 Å². The van der Waals surface area contributed by atoms with Crippen LogP contribution in [0.15, 0.2) is 42.5 Å². The molecule has 2 rings (SSSR count). The molecule has 7 heteroatoms. The van der Waals surface area contributed by atoms with Crippen molar-refractivity contribution in [2.75, 3.05) is 26.3 Å². The van der Waals surface area contributed by atoms with Crippen LogP contribution in [0.4, 0.5) is 10.5 Å². The zero-order valence-electron chi connectivity index (χ0n) is 14.0. The number of rotatable bonds is 8. The zero-order valence-corrected chi connectivity index (χ0v) is 14.0. The lowest BCUT2D eigenvalue weighted by Gasteiger charge is -2.14. The van der Waals surface area contributed by atoms with Crippen LogP contribution < -0.4 is 14.8 Å². The fourth-order valence-corrected chi connectivity index (χ4v) is 2.06. The van der Waals surface area contributed by atoms with Crippen LogP contribution in [-0.2, 0) is 16.1 Å². The number of hydrogen-bond acceptors (Lipinski definition) is 6. The smallest absolute Gasteiger partial charge is 0.411 e. The van der Waals surface area contributed by atoms with Crippen molar-refractivity contribution in [3.63, 3.8) is 0 Å². The molecule has 0 aromatic heterocycles. The van der Waals surface area contributed by atoms with Gasteiger partial charge in [-0.25, -0.2) is 4.79 Å². The Morgan fingerprint density at radius 2 is 1.92 bits per heavy atom. The highest BCUT2D eigenvalue weighted by Gasteiger charge is 2.15. The average Bonchev–Trinajstić information content (AvgIpc) is 2.65. The van der Waals surface area contributed by atoms with E-state index < -0.39 is 6.09 Å². The van der Waals surface area contributed by atoms with E-state index in [2.05, 4.69) is 5.32 Å². The third kappa shape index (κ3) is 5.22. The minimum atomic E-state index is -0.696. The summed E-state index contributed by atoms with van der Waals surface area (Å²) < 4.78 is 20.5. The first-order valence-corrected chi connectivity index (χ1v) is 7.44. The van der Waals surface area contributed by atoms with Crippen molar-refractivity contribution in [2.45, 2.75) is 6.61 Å². The Labute approximate surface area is 145 Å². The summed E-state index contributed by atoms with van der Waals surface area (Å²) in [5.74, 6) is 0.643. The van der Waals surface area contributed by atoms with E-state index in [0.29, 0.717) is 12.0 Å². The summed E-state index contributed by atoms with van der Waals surface area (Å²) in [6.45, 7) is 0.0615. The van der Waals surface area contributed by atoms with Crippen molar-refractivity contribution >= 4 is 18.1 Å².